The van der Waals surface area contributed by atoms with E-state index in [0.29, 0.717) is 45.8 Å². The summed E-state index contributed by atoms with van der Waals surface area (Å²) in [5.41, 5.74) is 2.31. The Morgan fingerprint density at radius 1 is 1.22 bits per heavy atom. The molecule has 4 amide bonds. The van der Waals surface area contributed by atoms with Crippen LogP contribution in [-0.2, 0) is 16.1 Å². The van der Waals surface area contributed by atoms with E-state index in [1.165, 1.54) is 5.56 Å². The third-order valence-electron chi connectivity index (χ3n) is 4.94. The summed E-state index contributed by atoms with van der Waals surface area (Å²) < 4.78 is 0. The van der Waals surface area contributed by atoms with Crippen molar-refractivity contribution >= 4 is 17.8 Å². The van der Waals surface area contributed by atoms with E-state index in [1.54, 1.807) is 4.90 Å². The molecule has 0 bridgehead atoms. The van der Waals surface area contributed by atoms with E-state index in [0.717, 1.165) is 5.56 Å². The van der Waals surface area contributed by atoms with Crippen molar-refractivity contribution in [3.05, 3.63) is 35.4 Å². The van der Waals surface area contributed by atoms with Crippen LogP contribution >= 0.6 is 0 Å². The van der Waals surface area contributed by atoms with Crippen LogP contribution < -0.4 is 16.0 Å². The first-order chi connectivity index (χ1) is 13.0. The van der Waals surface area contributed by atoms with Gasteiger partial charge in [-0.2, -0.15) is 0 Å². The second-order valence-corrected chi connectivity index (χ2v) is 7.04. The number of aryl methyl sites for hydroxylation is 1. The summed E-state index contributed by atoms with van der Waals surface area (Å²) in [6, 6.07) is 7.61. The van der Waals surface area contributed by atoms with E-state index in [-0.39, 0.29) is 24.3 Å². The molecule has 3 rings (SSSR count). The Kier molecular flexibility index (Phi) is 6.28. The van der Waals surface area contributed by atoms with Crippen LogP contribution in [0.4, 0.5) is 4.79 Å². The highest BCUT2D eigenvalue weighted by Gasteiger charge is 2.31. The summed E-state index contributed by atoms with van der Waals surface area (Å²) in [6.07, 6.45) is 0.115. The number of hydrogen-bond donors (Lipinski definition) is 3. The Bertz CT molecular complexity index is 708. The van der Waals surface area contributed by atoms with Crippen molar-refractivity contribution in [2.24, 2.45) is 0 Å². The van der Waals surface area contributed by atoms with E-state index in [2.05, 4.69) is 26.9 Å². The Labute approximate surface area is 159 Å². The number of amides is 4. The molecule has 1 aromatic carbocycles. The molecule has 2 heterocycles. The smallest absolute Gasteiger partial charge is 0.317 e. The number of benzene rings is 1. The molecular weight excluding hydrogens is 346 g/mol. The molecule has 2 saturated heterocycles. The topological polar surface area (TPSA) is 93.8 Å². The quantitative estimate of drug-likeness (QED) is 0.618. The number of carbonyl (C=O) groups is 3. The number of nitrogens with one attached hydrogen (secondary N) is 3. The summed E-state index contributed by atoms with van der Waals surface area (Å²) in [5, 5.41) is 8.40. The summed E-state index contributed by atoms with van der Waals surface area (Å²) in [5.74, 6) is -0.283. The van der Waals surface area contributed by atoms with E-state index in [9.17, 15) is 14.4 Å². The van der Waals surface area contributed by atoms with Gasteiger partial charge in [0.25, 0.3) is 0 Å². The van der Waals surface area contributed by atoms with Gasteiger partial charge in [0.2, 0.25) is 11.8 Å². The highest BCUT2D eigenvalue weighted by atomic mass is 16.2. The lowest BCUT2D eigenvalue weighted by atomic mass is 10.1. The van der Waals surface area contributed by atoms with Crippen LogP contribution in [0.15, 0.2) is 24.3 Å². The third-order valence-corrected chi connectivity index (χ3v) is 4.94. The molecule has 0 radical (unpaired) electrons. The summed E-state index contributed by atoms with van der Waals surface area (Å²) in [7, 11) is 0. The van der Waals surface area contributed by atoms with Gasteiger partial charge in [0.15, 0.2) is 0 Å². The first kappa shape index (κ1) is 19.2. The zero-order valence-corrected chi connectivity index (χ0v) is 15.7. The predicted octanol–water partition coefficient (Wildman–Crippen LogP) is -0.173. The summed E-state index contributed by atoms with van der Waals surface area (Å²) in [6.45, 7) is 6.14. The van der Waals surface area contributed by atoms with Gasteiger partial charge in [-0.1, -0.05) is 29.8 Å². The van der Waals surface area contributed by atoms with E-state index >= 15 is 0 Å². The van der Waals surface area contributed by atoms with Gasteiger partial charge in [0, 0.05) is 45.8 Å². The molecule has 2 fully saturated rings. The lowest BCUT2D eigenvalue weighted by Crippen LogP contribution is -2.56. The molecule has 3 N–H and O–H groups in total. The van der Waals surface area contributed by atoms with Gasteiger partial charge < -0.3 is 20.9 Å². The molecule has 8 nitrogen and oxygen atoms in total. The average Bonchev–Trinajstić information content (AvgIpc) is 3.03. The van der Waals surface area contributed by atoms with Gasteiger partial charge in [-0.15, -0.1) is 0 Å². The van der Waals surface area contributed by atoms with Crippen LogP contribution in [0, 0.1) is 6.92 Å². The number of rotatable bonds is 7. The van der Waals surface area contributed by atoms with Crippen LogP contribution in [0.5, 0.6) is 0 Å². The molecule has 0 unspecified atom stereocenters. The van der Waals surface area contributed by atoms with Gasteiger partial charge in [0.1, 0.15) is 0 Å². The second-order valence-electron chi connectivity index (χ2n) is 7.04. The number of carbonyl (C=O) groups excluding carboxylic acids is 3. The second kappa shape index (κ2) is 8.85. The van der Waals surface area contributed by atoms with E-state index in [1.807, 2.05) is 25.1 Å². The van der Waals surface area contributed by atoms with Crippen molar-refractivity contribution in [3.8, 4) is 0 Å². The fourth-order valence-corrected chi connectivity index (χ4v) is 3.52. The molecule has 27 heavy (non-hydrogen) atoms. The van der Waals surface area contributed by atoms with Crippen LogP contribution in [0.2, 0.25) is 0 Å². The van der Waals surface area contributed by atoms with Gasteiger partial charge >= 0.3 is 6.03 Å². The minimum absolute atomic E-state index is 0.0970. The summed E-state index contributed by atoms with van der Waals surface area (Å²) in [4.78, 5) is 39.9. The van der Waals surface area contributed by atoms with E-state index < -0.39 is 6.04 Å². The van der Waals surface area contributed by atoms with Crippen molar-refractivity contribution in [3.63, 3.8) is 0 Å². The highest BCUT2D eigenvalue weighted by molar-refractivity contribution is 5.88. The predicted molar refractivity (Wildman–Crippen MR) is 101 cm³/mol. The van der Waals surface area contributed by atoms with Crippen molar-refractivity contribution in [1.82, 2.24) is 25.8 Å². The van der Waals surface area contributed by atoms with Crippen LogP contribution in [0.25, 0.3) is 0 Å². The third kappa shape index (κ3) is 5.19. The summed E-state index contributed by atoms with van der Waals surface area (Å²) >= 11 is 0. The highest BCUT2D eigenvalue weighted by Crippen LogP contribution is 2.15. The molecule has 1 atom stereocenters. The molecule has 1 aromatic rings. The molecule has 2 aliphatic rings. The van der Waals surface area contributed by atoms with Gasteiger partial charge in [0.05, 0.1) is 12.5 Å². The maximum absolute atomic E-state index is 12.3. The number of urea groups is 1. The zero-order chi connectivity index (χ0) is 19.2. The average molecular weight is 373 g/mol. The largest absolute Gasteiger partial charge is 0.354 e. The monoisotopic (exact) mass is 373 g/mol. The molecule has 8 heteroatoms. The van der Waals surface area contributed by atoms with Crippen LogP contribution in [0.1, 0.15) is 17.5 Å². The first-order valence-electron chi connectivity index (χ1n) is 9.40. The maximum atomic E-state index is 12.3. The lowest BCUT2D eigenvalue weighted by molar-refractivity contribution is -0.134. The Morgan fingerprint density at radius 3 is 2.78 bits per heavy atom. The van der Waals surface area contributed by atoms with E-state index in [4.69, 9.17) is 0 Å². The molecule has 0 saturated carbocycles. The van der Waals surface area contributed by atoms with Crippen molar-refractivity contribution in [2.75, 3.05) is 39.3 Å². The maximum Gasteiger partial charge on any atom is 0.317 e. The zero-order valence-electron chi connectivity index (χ0n) is 15.7. The van der Waals surface area contributed by atoms with Gasteiger partial charge in [-0.25, -0.2) is 4.79 Å². The molecular formula is C19H27N5O3. The molecule has 0 aliphatic carbocycles. The van der Waals surface area contributed by atoms with Crippen LogP contribution in [0.3, 0.4) is 0 Å². The fourth-order valence-electron chi connectivity index (χ4n) is 3.52. The standard InChI is InChI=1S/C19H27N5O3/c1-14-3-2-4-15(11-14)13-24-10-6-21-18(26)16(24)12-17(25)20-5-8-23-9-7-22-19(23)27/h2-4,11,16H,5-10,12-13H2,1H3,(H,20,25)(H,21,26)(H,22,27)/t16-/m0/s1. The normalized spacial score (nSPS) is 20.3. The number of piperazine rings is 1. The number of nitrogens with zero attached hydrogens (tertiary/aromatic N) is 2. The minimum Gasteiger partial charge on any atom is -0.354 e. The van der Waals surface area contributed by atoms with Gasteiger partial charge in [-0.3, -0.25) is 14.5 Å². The number of hydrogen-bond acceptors (Lipinski definition) is 4. The SMILES string of the molecule is Cc1cccc(CN2CCNC(=O)[C@@H]2CC(=O)NCCN2CCNC2=O)c1. The van der Waals surface area contributed by atoms with Gasteiger partial charge in [-0.05, 0) is 12.5 Å². The Balaban J connectivity index is 1.52. The van der Waals surface area contributed by atoms with Crippen LogP contribution in [-0.4, -0.2) is 73.0 Å². The fraction of sp³-hybridized carbons (Fsp3) is 0.526. The lowest BCUT2D eigenvalue weighted by Gasteiger charge is -2.34. The van der Waals surface area contributed by atoms with Crippen molar-refractivity contribution in [1.29, 1.82) is 0 Å². The minimum atomic E-state index is -0.477. The molecule has 0 aromatic heterocycles. The Hall–Kier alpha value is -2.61. The molecule has 0 spiro atoms. The Morgan fingerprint density at radius 2 is 2.04 bits per heavy atom. The first-order valence-corrected chi connectivity index (χ1v) is 9.40. The molecule has 2 aliphatic heterocycles. The van der Waals surface area contributed by atoms with Crippen molar-refractivity contribution in [2.45, 2.75) is 25.9 Å². The van der Waals surface area contributed by atoms with Crippen molar-refractivity contribution < 1.29 is 14.4 Å². The molecule has 146 valence electrons.